The molecule has 2 N–H and O–H groups in total. The summed E-state index contributed by atoms with van der Waals surface area (Å²) in [6.45, 7) is 0. The van der Waals surface area contributed by atoms with Crippen molar-refractivity contribution in [1.29, 1.82) is 10.5 Å². The number of hydrogen-bond donors (Lipinski definition) is 2. The first-order chi connectivity index (χ1) is 12.7. The third kappa shape index (κ3) is 5.82. The summed E-state index contributed by atoms with van der Waals surface area (Å²) in [6, 6.07) is 22.9. The molecule has 6 nitrogen and oxygen atoms in total. The number of hydrogen-bond acceptors (Lipinski definition) is 5. The summed E-state index contributed by atoms with van der Waals surface area (Å²) >= 11 is 5.05. The van der Waals surface area contributed by atoms with Crippen molar-refractivity contribution in [1.82, 2.24) is 10.9 Å². The van der Waals surface area contributed by atoms with Crippen molar-refractivity contribution in [3.8, 4) is 12.1 Å². The Morgan fingerprint density at radius 1 is 0.808 bits per heavy atom. The predicted octanol–water partition coefficient (Wildman–Crippen LogP) is 3.04. The SMILES string of the molecule is N#CC(C=NNC(=S)NN=CC(C#N)c1ccccc1)c1ccccc1. The van der Waals surface area contributed by atoms with Crippen molar-refractivity contribution in [3.63, 3.8) is 0 Å². The molecular formula is C19H16N6S. The minimum Gasteiger partial charge on any atom is -0.253 e. The van der Waals surface area contributed by atoms with Crippen molar-refractivity contribution >= 4 is 29.8 Å². The van der Waals surface area contributed by atoms with Gasteiger partial charge in [-0.25, -0.2) is 0 Å². The second-order valence-corrected chi connectivity index (χ2v) is 5.55. The third-order valence-electron chi connectivity index (χ3n) is 3.37. The molecule has 128 valence electrons. The number of hydrazone groups is 2. The van der Waals surface area contributed by atoms with Gasteiger partial charge in [-0.1, -0.05) is 60.7 Å². The summed E-state index contributed by atoms with van der Waals surface area (Å²) in [5.74, 6) is -0.952. The average Bonchev–Trinajstić information content (AvgIpc) is 2.70. The van der Waals surface area contributed by atoms with Gasteiger partial charge in [-0.2, -0.15) is 20.7 Å². The molecule has 2 aromatic rings. The van der Waals surface area contributed by atoms with Crippen molar-refractivity contribution in [2.45, 2.75) is 11.8 Å². The third-order valence-corrected chi connectivity index (χ3v) is 3.56. The van der Waals surface area contributed by atoms with Gasteiger partial charge in [0.05, 0.1) is 12.1 Å². The summed E-state index contributed by atoms with van der Waals surface area (Å²) in [5, 5.41) is 26.5. The Kier molecular flexibility index (Phi) is 7.47. The van der Waals surface area contributed by atoms with E-state index in [0.29, 0.717) is 0 Å². The number of nitrogens with one attached hydrogen (secondary N) is 2. The highest BCUT2D eigenvalue weighted by Crippen LogP contribution is 2.12. The van der Waals surface area contributed by atoms with E-state index in [-0.39, 0.29) is 5.11 Å². The van der Waals surface area contributed by atoms with Crippen LogP contribution in [0, 0.1) is 22.7 Å². The van der Waals surface area contributed by atoms with E-state index < -0.39 is 11.8 Å². The van der Waals surface area contributed by atoms with Gasteiger partial charge in [-0.15, -0.1) is 0 Å². The minimum atomic E-state index is -0.476. The van der Waals surface area contributed by atoms with Crippen LogP contribution in [0.2, 0.25) is 0 Å². The smallest absolute Gasteiger partial charge is 0.207 e. The molecule has 0 saturated heterocycles. The lowest BCUT2D eigenvalue weighted by Gasteiger charge is -2.05. The molecule has 7 heteroatoms. The van der Waals surface area contributed by atoms with Crippen molar-refractivity contribution in [2.24, 2.45) is 10.2 Å². The van der Waals surface area contributed by atoms with Crippen molar-refractivity contribution < 1.29 is 0 Å². The first-order valence-electron chi connectivity index (χ1n) is 7.76. The fourth-order valence-corrected chi connectivity index (χ4v) is 2.18. The lowest BCUT2D eigenvalue weighted by molar-refractivity contribution is 0.921. The molecule has 0 aliphatic carbocycles. The van der Waals surface area contributed by atoms with Gasteiger partial charge in [-0.05, 0) is 23.3 Å². The van der Waals surface area contributed by atoms with Gasteiger partial charge in [-0.3, -0.25) is 10.9 Å². The lowest BCUT2D eigenvalue weighted by Crippen LogP contribution is -2.28. The number of nitrogens with zero attached hydrogens (tertiary/aromatic N) is 4. The topological polar surface area (TPSA) is 96.4 Å². The number of rotatable bonds is 6. The zero-order chi connectivity index (χ0) is 18.6. The van der Waals surface area contributed by atoms with Crippen LogP contribution in [0.25, 0.3) is 0 Å². The molecular weight excluding hydrogens is 344 g/mol. The molecule has 0 saturated carbocycles. The summed E-state index contributed by atoms with van der Waals surface area (Å²) in [4.78, 5) is 0. The largest absolute Gasteiger partial charge is 0.253 e. The molecule has 0 aliphatic rings. The molecule has 26 heavy (non-hydrogen) atoms. The molecule has 2 atom stereocenters. The van der Waals surface area contributed by atoms with E-state index in [4.69, 9.17) is 12.2 Å². The quantitative estimate of drug-likeness (QED) is 0.469. The van der Waals surface area contributed by atoms with Gasteiger partial charge < -0.3 is 0 Å². The van der Waals surface area contributed by atoms with Crippen molar-refractivity contribution in [2.75, 3.05) is 0 Å². The van der Waals surface area contributed by atoms with E-state index in [1.807, 2.05) is 60.7 Å². The molecule has 0 aliphatic heterocycles. The van der Waals surface area contributed by atoms with Gasteiger partial charge in [0.2, 0.25) is 5.11 Å². The average molecular weight is 360 g/mol. The van der Waals surface area contributed by atoms with E-state index in [1.54, 1.807) is 0 Å². The van der Waals surface area contributed by atoms with Crippen LogP contribution in [0.1, 0.15) is 23.0 Å². The van der Waals surface area contributed by atoms with Gasteiger partial charge in [0.25, 0.3) is 0 Å². The van der Waals surface area contributed by atoms with Crippen LogP contribution in [0.3, 0.4) is 0 Å². The standard InChI is InChI=1S/C19H16N6S/c20-11-17(15-7-3-1-4-8-15)13-22-24-19(26)25-23-14-18(12-21)16-9-5-2-6-10-16/h1-10,13-14,17-18H,(H2,24,25,26). The summed E-state index contributed by atoms with van der Waals surface area (Å²) in [6.07, 6.45) is 2.93. The number of nitriles is 2. The monoisotopic (exact) mass is 360 g/mol. The maximum atomic E-state index is 9.21. The molecule has 0 fully saturated rings. The molecule has 2 aromatic carbocycles. The molecule has 0 bridgehead atoms. The van der Waals surface area contributed by atoms with E-state index in [1.165, 1.54) is 12.4 Å². The van der Waals surface area contributed by atoms with Crippen LogP contribution >= 0.6 is 12.2 Å². The molecule has 0 aromatic heterocycles. The van der Waals surface area contributed by atoms with Crippen molar-refractivity contribution in [3.05, 3.63) is 71.8 Å². The Morgan fingerprint density at radius 2 is 1.19 bits per heavy atom. The van der Waals surface area contributed by atoms with Crippen LogP contribution in [0.5, 0.6) is 0 Å². The molecule has 0 heterocycles. The van der Waals surface area contributed by atoms with E-state index in [9.17, 15) is 10.5 Å². The highest BCUT2D eigenvalue weighted by Gasteiger charge is 2.07. The van der Waals surface area contributed by atoms with Crippen LogP contribution in [0.15, 0.2) is 70.9 Å². The van der Waals surface area contributed by atoms with Crippen LogP contribution in [-0.4, -0.2) is 17.5 Å². The van der Waals surface area contributed by atoms with Crippen LogP contribution in [0.4, 0.5) is 0 Å². The Labute approximate surface area is 157 Å². The van der Waals surface area contributed by atoms with Gasteiger partial charge in [0.1, 0.15) is 11.8 Å². The summed E-state index contributed by atoms with van der Waals surface area (Å²) in [7, 11) is 0. The summed E-state index contributed by atoms with van der Waals surface area (Å²) in [5.41, 5.74) is 6.87. The molecule has 2 rings (SSSR count). The minimum absolute atomic E-state index is 0.159. The number of benzene rings is 2. The second-order valence-electron chi connectivity index (χ2n) is 5.14. The van der Waals surface area contributed by atoms with E-state index >= 15 is 0 Å². The Hall–Kier alpha value is -3.55. The van der Waals surface area contributed by atoms with Crippen LogP contribution < -0.4 is 10.9 Å². The fourth-order valence-electron chi connectivity index (χ4n) is 2.07. The Bertz CT molecular complexity index is 778. The molecule has 0 radical (unpaired) electrons. The predicted molar refractivity (Wildman–Crippen MR) is 105 cm³/mol. The second kappa shape index (κ2) is 10.3. The number of thiocarbonyl (C=S) groups is 1. The summed E-state index contributed by atoms with van der Waals surface area (Å²) < 4.78 is 0. The van der Waals surface area contributed by atoms with Crippen LogP contribution in [-0.2, 0) is 0 Å². The Balaban J connectivity index is 1.85. The normalized spacial score (nSPS) is 12.8. The molecule has 0 amide bonds. The zero-order valence-corrected chi connectivity index (χ0v) is 14.6. The molecule has 0 spiro atoms. The lowest BCUT2D eigenvalue weighted by atomic mass is 10.0. The van der Waals surface area contributed by atoms with Gasteiger partial charge in [0, 0.05) is 12.4 Å². The highest BCUT2D eigenvalue weighted by molar-refractivity contribution is 7.80. The molecule has 2 unspecified atom stereocenters. The fraction of sp³-hybridized carbons (Fsp3) is 0.105. The first kappa shape index (κ1) is 18.8. The highest BCUT2D eigenvalue weighted by atomic mass is 32.1. The van der Waals surface area contributed by atoms with Gasteiger partial charge in [0.15, 0.2) is 0 Å². The first-order valence-corrected chi connectivity index (χ1v) is 8.17. The maximum absolute atomic E-state index is 9.21. The van der Waals surface area contributed by atoms with E-state index in [2.05, 4.69) is 33.2 Å². The Morgan fingerprint density at radius 3 is 1.54 bits per heavy atom. The zero-order valence-electron chi connectivity index (χ0n) is 13.8. The van der Waals surface area contributed by atoms with Gasteiger partial charge >= 0.3 is 0 Å². The van der Waals surface area contributed by atoms with E-state index in [0.717, 1.165) is 11.1 Å². The maximum Gasteiger partial charge on any atom is 0.207 e.